The summed E-state index contributed by atoms with van der Waals surface area (Å²) >= 11 is 0. The molecule has 0 unspecified atom stereocenters. The van der Waals surface area contributed by atoms with Gasteiger partial charge in [-0.15, -0.1) is 5.10 Å². The molecule has 0 radical (unpaired) electrons. The predicted octanol–water partition coefficient (Wildman–Crippen LogP) is 2.08. The van der Waals surface area contributed by atoms with Crippen molar-refractivity contribution in [1.29, 1.82) is 0 Å². The Labute approximate surface area is 114 Å². The van der Waals surface area contributed by atoms with E-state index in [9.17, 15) is 4.79 Å². The van der Waals surface area contributed by atoms with E-state index in [1.165, 1.54) is 0 Å². The zero-order valence-electron chi connectivity index (χ0n) is 12.1. The summed E-state index contributed by atoms with van der Waals surface area (Å²) in [5.41, 5.74) is 0. The van der Waals surface area contributed by atoms with Gasteiger partial charge in [0, 0.05) is 6.42 Å². The number of carbonyl (C=O) groups excluding carboxylic acids is 1. The summed E-state index contributed by atoms with van der Waals surface area (Å²) in [4.78, 5) is 14.0. The molecule has 1 aromatic heterocycles. The van der Waals surface area contributed by atoms with E-state index in [-0.39, 0.29) is 11.9 Å². The largest absolute Gasteiger partial charge is 0.408 e. The molecule has 1 aromatic rings. The molecule has 1 rings (SSSR count). The second-order valence-electron chi connectivity index (χ2n) is 4.58. The van der Waals surface area contributed by atoms with E-state index in [1.54, 1.807) is 0 Å². The predicted molar refractivity (Wildman–Crippen MR) is 73.9 cm³/mol. The van der Waals surface area contributed by atoms with E-state index >= 15 is 0 Å². The van der Waals surface area contributed by atoms with Gasteiger partial charge in [0.05, 0.1) is 6.54 Å². The van der Waals surface area contributed by atoms with Gasteiger partial charge in [-0.1, -0.05) is 25.9 Å². The van der Waals surface area contributed by atoms with E-state index < -0.39 is 0 Å². The van der Waals surface area contributed by atoms with Crippen LogP contribution in [-0.4, -0.2) is 40.6 Å². The topological polar surface area (TPSA) is 71.3 Å². The van der Waals surface area contributed by atoms with E-state index in [4.69, 9.17) is 4.42 Å². The van der Waals surface area contributed by atoms with E-state index in [0.29, 0.717) is 12.4 Å². The monoisotopic (exact) mass is 268 g/mol. The second-order valence-corrected chi connectivity index (χ2v) is 4.58. The van der Waals surface area contributed by atoms with Crippen LogP contribution in [0, 0.1) is 0 Å². The summed E-state index contributed by atoms with van der Waals surface area (Å²) in [6, 6.07) is 0.196. The molecule has 0 spiro atoms. The molecule has 6 nitrogen and oxygen atoms in total. The fourth-order valence-electron chi connectivity index (χ4n) is 1.88. The molecule has 0 aliphatic carbocycles. The molecule has 0 aromatic carbocycles. The average molecular weight is 268 g/mol. The molecule has 6 heteroatoms. The Bertz CT molecular complexity index is 372. The lowest BCUT2D eigenvalue weighted by atomic mass is 10.3. The summed E-state index contributed by atoms with van der Waals surface area (Å²) in [6.45, 7) is 8.46. The first-order valence-electron chi connectivity index (χ1n) is 7.04. The van der Waals surface area contributed by atoms with Gasteiger partial charge in [-0.3, -0.25) is 15.0 Å². The number of carbonyl (C=O) groups is 1. The Morgan fingerprint density at radius 2 is 1.84 bits per heavy atom. The van der Waals surface area contributed by atoms with Gasteiger partial charge in [-0.2, -0.15) is 0 Å². The molecule has 0 saturated heterocycles. The first-order valence-corrected chi connectivity index (χ1v) is 7.04. The van der Waals surface area contributed by atoms with Crippen LogP contribution in [0.5, 0.6) is 0 Å². The minimum atomic E-state index is -0.103. The lowest BCUT2D eigenvalue weighted by Gasteiger charge is -2.19. The summed E-state index contributed by atoms with van der Waals surface area (Å²) in [5.74, 6) is 0.463. The number of amides is 1. The number of rotatable bonds is 9. The Morgan fingerprint density at radius 1 is 1.16 bits per heavy atom. The van der Waals surface area contributed by atoms with Crippen LogP contribution in [0.4, 0.5) is 6.01 Å². The molecule has 108 valence electrons. The Balaban J connectivity index is 2.43. The molecule has 1 amide bonds. The lowest BCUT2D eigenvalue weighted by Crippen LogP contribution is -2.34. The smallest absolute Gasteiger partial charge is 0.322 e. The number of nitrogens with one attached hydrogen (secondary N) is 1. The second kappa shape index (κ2) is 8.63. The number of nitrogens with zero attached hydrogens (tertiary/aromatic N) is 3. The Hall–Kier alpha value is -1.43. The van der Waals surface area contributed by atoms with Gasteiger partial charge in [0.2, 0.25) is 11.8 Å². The van der Waals surface area contributed by atoms with Crippen molar-refractivity contribution in [2.24, 2.45) is 0 Å². The molecule has 0 saturated carbocycles. The van der Waals surface area contributed by atoms with Crippen LogP contribution in [0.3, 0.4) is 0 Å². The highest BCUT2D eigenvalue weighted by molar-refractivity contribution is 5.90. The fourth-order valence-corrected chi connectivity index (χ4v) is 1.88. The quantitative estimate of drug-likeness (QED) is 0.742. The van der Waals surface area contributed by atoms with Crippen LogP contribution >= 0.6 is 0 Å². The van der Waals surface area contributed by atoms with Crippen LogP contribution in [0.2, 0.25) is 0 Å². The Kier molecular flexibility index (Phi) is 7.10. The zero-order valence-corrected chi connectivity index (χ0v) is 12.1. The highest BCUT2D eigenvalue weighted by atomic mass is 16.4. The van der Waals surface area contributed by atoms with Gasteiger partial charge in [-0.05, 0) is 32.4 Å². The third-order valence-electron chi connectivity index (χ3n) is 2.62. The summed E-state index contributed by atoms with van der Waals surface area (Å²) in [7, 11) is 0. The minimum Gasteiger partial charge on any atom is -0.408 e. The van der Waals surface area contributed by atoms with Gasteiger partial charge in [0.15, 0.2) is 0 Å². The van der Waals surface area contributed by atoms with Crippen LogP contribution in [0.25, 0.3) is 0 Å². The molecule has 0 aliphatic rings. The van der Waals surface area contributed by atoms with Crippen LogP contribution in [0.1, 0.15) is 45.9 Å². The van der Waals surface area contributed by atoms with E-state index in [1.807, 2.05) is 6.92 Å². The van der Waals surface area contributed by atoms with Gasteiger partial charge in [0.25, 0.3) is 0 Å². The van der Waals surface area contributed by atoms with Crippen molar-refractivity contribution in [2.75, 3.05) is 25.0 Å². The molecule has 1 heterocycles. The minimum absolute atomic E-state index is 0.103. The van der Waals surface area contributed by atoms with Crippen molar-refractivity contribution in [3.8, 4) is 0 Å². The normalized spacial score (nSPS) is 10.9. The lowest BCUT2D eigenvalue weighted by molar-refractivity contribution is -0.117. The number of hydrogen-bond donors (Lipinski definition) is 1. The molecular formula is C13H24N4O2. The maximum atomic E-state index is 11.9. The van der Waals surface area contributed by atoms with Crippen LogP contribution in [0.15, 0.2) is 4.42 Å². The summed E-state index contributed by atoms with van der Waals surface area (Å²) in [6.07, 6.45) is 3.75. The molecule has 0 atom stereocenters. The zero-order chi connectivity index (χ0) is 14.1. The van der Waals surface area contributed by atoms with Gasteiger partial charge in [0.1, 0.15) is 0 Å². The first kappa shape index (κ1) is 15.6. The maximum absolute atomic E-state index is 11.9. The third kappa shape index (κ3) is 5.83. The van der Waals surface area contributed by atoms with Crippen LogP contribution < -0.4 is 5.32 Å². The summed E-state index contributed by atoms with van der Waals surface area (Å²) < 4.78 is 5.32. The molecule has 0 aliphatic heterocycles. The SMILES string of the molecule is CCCc1nnc(NC(=O)CN(CCC)CCC)o1. The average Bonchev–Trinajstić information content (AvgIpc) is 2.77. The van der Waals surface area contributed by atoms with Gasteiger partial charge in [-0.25, -0.2) is 0 Å². The Morgan fingerprint density at radius 3 is 2.42 bits per heavy atom. The van der Waals surface area contributed by atoms with Crippen molar-refractivity contribution < 1.29 is 9.21 Å². The van der Waals surface area contributed by atoms with E-state index in [0.717, 1.165) is 38.8 Å². The molecule has 1 N–H and O–H groups in total. The number of aromatic nitrogens is 2. The highest BCUT2D eigenvalue weighted by Gasteiger charge is 2.12. The standard InChI is InChI=1S/C13H24N4O2/c1-4-7-12-15-16-13(19-12)14-11(18)10-17(8-5-2)9-6-3/h4-10H2,1-3H3,(H,14,16,18). The number of anilines is 1. The molecule has 0 fully saturated rings. The summed E-state index contributed by atoms with van der Waals surface area (Å²) in [5, 5.41) is 10.3. The van der Waals surface area contributed by atoms with Gasteiger partial charge >= 0.3 is 6.01 Å². The number of hydrogen-bond acceptors (Lipinski definition) is 5. The van der Waals surface area contributed by atoms with Crippen LogP contribution in [-0.2, 0) is 11.2 Å². The third-order valence-corrected chi connectivity index (χ3v) is 2.62. The van der Waals surface area contributed by atoms with Gasteiger partial charge < -0.3 is 4.42 Å². The van der Waals surface area contributed by atoms with E-state index in [2.05, 4.69) is 34.3 Å². The first-order chi connectivity index (χ1) is 9.19. The van der Waals surface area contributed by atoms with Crippen molar-refractivity contribution in [1.82, 2.24) is 15.1 Å². The van der Waals surface area contributed by atoms with Crippen molar-refractivity contribution in [3.63, 3.8) is 0 Å². The molecule has 0 bridgehead atoms. The van der Waals surface area contributed by atoms with Crippen molar-refractivity contribution in [3.05, 3.63) is 5.89 Å². The fraction of sp³-hybridized carbons (Fsp3) is 0.769. The molecular weight excluding hydrogens is 244 g/mol. The van der Waals surface area contributed by atoms with Crippen molar-refractivity contribution >= 4 is 11.9 Å². The number of aryl methyl sites for hydroxylation is 1. The highest BCUT2D eigenvalue weighted by Crippen LogP contribution is 2.07. The van der Waals surface area contributed by atoms with Crippen molar-refractivity contribution in [2.45, 2.75) is 46.5 Å². The maximum Gasteiger partial charge on any atom is 0.322 e. The molecule has 19 heavy (non-hydrogen) atoms.